The molecule has 0 aliphatic carbocycles. The van der Waals surface area contributed by atoms with Gasteiger partial charge in [-0.25, -0.2) is 0 Å². The van der Waals surface area contributed by atoms with Crippen molar-refractivity contribution in [2.24, 2.45) is 5.92 Å². The van der Waals surface area contributed by atoms with E-state index in [1.54, 1.807) is 0 Å². The van der Waals surface area contributed by atoms with Crippen molar-refractivity contribution in [3.63, 3.8) is 0 Å². The Bertz CT molecular complexity index is 345. The third kappa shape index (κ3) is 7.81. The van der Waals surface area contributed by atoms with Crippen molar-refractivity contribution < 1.29 is 0 Å². The average molecular weight is 260 g/mol. The van der Waals surface area contributed by atoms with E-state index >= 15 is 0 Å². The maximum Gasteiger partial charge on any atom is 0.0200 e. The van der Waals surface area contributed by atoms with Crippen molar-refractivity contribution in [2.75, 3.05) is 27.2 Å². The summed E-state index contributed by atoms with van der Waals surface area (Å²) < 4.78 is 0. The van der Waals surface area contributed by atoms with E-state index in [-0.39, 0.29) is 0 Å². The molecule has 1 aromatic rings. The molecule has 1 N–H and O–H groups in total. The third-order valence-electron chi connectivity index (χ3n) is 2.98. The summed E-state index contributed by atoms with van der Waals surface area (Å²) in [5, 5.41) is 3.62. The number of hydrogen-bond donors (Lipinski definition) is 1. The quantitative estimate of drug-likeness (QED) is 0.772. The number of rotatable bonds is 8. The number of nitrogens with one attached hydrogen (secondary N) is 1. The molecule has 0 saturated carbocycles. The average Bonchev–Trinajstić information content (AvgIpc) is 2.34. The van der Waals surface area contributed by atoms with Gasteiger partial charge in [0, 0.05) is 19.1 Å². The Morgan fingerprint density at radius 2 is 1.84 bits per heavy atom. The normalized spacial score (nSPS) is 13.6. The lowest BCUT2D eigenvalue weighted by Crippen LogP contribution is -2.39. The summed E-state index contributed by atoms with van der Waals surface area (Å²) in [4.78, 5) is 2.25. The van der Waals surface area contributed by atoms with Crippen LogP contribution in [0, 0.1) is 5.92 Å². The number of benzene rings is 1. The molecule has 1 atom stereocenters. The van der Waals surface area contributed by atoms with Gasteiger partial charge in [0.05, 0.1) is 0 Å². The molecule has 1 aromatic carbocycles. The van der Waals surface area contributed by atoms with Gasteiger partial charge in [0.1, 0.15) is 0 Å². The Morgan fingerprint density at radius 1 is 1.16 bits per heavy atom. The molecule has 0 aliphatic heterocycles. The van der Waals surface area contributed by atoms with E-state index in [0.717, 1.165) is 19.0 Å². The number of hydrogen-bond acceptors (Lipinski definition) is 2. The second-order valence-electron chi connectivity index (χ2n) is 5.81. The first kappa shape index (κ1) is 15.9. The van der Waals surface area contributed by atoms with Gasteiger partial charge < -0.3 is 10.2 Å². The second-order valence-corrected chi connectivity index (χ2v) is 5.81. The predicted molar refractivity (Wildman–Crippen MR) is 85.3 cm³/mol. The van der Waals surface area contributed by atoms with Gasteiger partial charge in [0.15, 0.2) is 0 Å². The lowest BCUT2D eigenvalue weighted by molar-refractivity contribution is 0.312. The highest BCUT2D eigenvalue weighted by Crippen LogP contribution is 2.06. The van der Waals surface area contributed by atoms with Crippen LogP contribution in [-0.2, 0) is 0 Å². The minimum atomic E-state index is 0.565. The molecular weight excluding hydrogens is 232 g/mol. The Morgan fingerprint density at radius 3 is 2.42 bits per heavy atom. The lowest BCUT2D eigenvalue weighted by Gasteiger charge is -2.23. The highest BCUT2D eigenvalue weighted by Gasteiger charge is 2.10. The Balaban J connectivity index is 2.37. The molecule has 0 fully saturated rings. The third-order valence-corrected chi connectivity index (χ3v) is 2.98. The van der Waals surface area contributed by atoms with Crippen molar-refractivity contribution in [1.29, 1.82) is 0 Å². The molecule has 0 spiro atoms. The molecule has 1 rings (SSSR count). The van der Waals surface area contributed by atoms with E-state index in [0.29, 0.717) is 6.04 Å². The first-order valence-corrected chi connectivity index (χ1v) is 7.17. The molecule has 0 heterocycles. The Hall–Kier alpha value is -1.12. The molecular formula is C17H28N2. The standard InChI is InChI=1S/C17H28N2/c1-15(2)13-17(14-19(3)4)18-12-8-11-16-9-6-5-7-10-16/h5-11,15,17-18H,12-14H2,1-4H3. The zero-order valence-corrected chi connectivity index (χ0v) is 12.8. The largest absolute Gasteiger partial charge is 0.309 e. The van der Waals surface area contributed by atoms with E-state index in [1.165, 1.54) is 12.0 Å². The van der Waals surface area contributed by atoms with Crippen molar-refractivity contribution in [1.82, 2.24) is 10.2 Å². The van der Waals surface area contributed by atoms with Gasteiger partial charge in [-0.1, -0.05) is 56.3 Å². The molecule has 19 heavy (non-hydrogen) atoms. The monoisotopic (exact) mass is 260 g/mol. The van der Waals surface area contributed by atoms with Crippen LogP contribution in [0.4, 0.5) is 0 Å². The van der Waals surface area contributed by atoms with Crippen LogP contribution in [0.3, 0.4) is 0 Å². The van der Waals surface area contributed by atoms with Crippen LogP contribution in [0.25, 0.3) is 6.08 Å². The van der Waals surface area contributed by atoms with E-state index in [1.807, 2.05) is 6.07 Å². The van der Waals surface area contributed by atoms with Gasteiger partial charge in [-0.15, -0.1) is 0 Å². The molecule has 2 heteroatoms. The van der Waals surface area contributed by atoms with Crippen LogP contribution in [0.2, 0.25) is 0 Å². The summed E-state index contributed by atoms with van der Waals surface area (Å²) in [5.74, 6) is 0.732. The first-order valence-electron chi connectivity index (χ1n) is 7.17. The maximum atomic E-state index is 3.62. The van der Waals surface area contributed by atoms with Crippen molar-refractivity contribution in [3.8, 4) is 0 Å². The molecule has 0 bridgehead atoms. The van der Waals surface area contributed by atoms with Crippen LogP contribution in [0.1, 0.15) is 25.8 Å². The Kier molecular flexibility index (Phi) is 7.46. The fraction of sp³-hybridized carbons (Fsp3) is 0.529. The van der Waals surface area contributed by atoms with Crippen LogP contribution in [0.5, 0.6) is 0 Å². The number of nitrogens with zero attached hydrogens (tertiary/aromatic N) is 1. The van der Waals surface area contributed by atoms with Crippen molar-refractivity contribution in [3.05, 3.63) is 42.0 Å². The molecule has 0 amide bonds. The van der Waals surface area contributed by atoms with Crippen molar-refractivity contribution >= 4 is 6.08 Å². The van der Waals surface area contributed by atoms with Gasteiger partial charge in [0.2, 0.25) is 0 Å². The Labute approximate surface area is 118 Å². The molecule has 106 valence electrons. The van der Waals surface area contributed by atoms with Crippen LogP contribution in [-0.4, -0.2) is 38.1 Å². The van der Waals surface area contributed by atoms with Crippen LogP contribution in [0.15, 0.2) is 36.4 Å². The highest BCUT2D eigenvalue weighted by molar-refractivity contribution is 5.48. The summed E-state index contributed by atoms with van der Waals surface area (Å²) in [6.45, 7) is 6.59. The minimum absolute atomic E-state index is 0.565. The van der Waals surface area contributed by atoms with E-state index < -0.39 is 0 Å². The smallest absolute Gasteiger partial charge is 0.0200 e. The maximum absolute atomic E-state index is 3.62. The molecule has 0 aliphatic rings. The molecule has 0 radical (unpaired) electrons. The van der Waals surface area contributed by atoms with Gasteiger partial charge in [-0.2, -0.15) is 0 Å². The van der Waals surface area contributed by atoms with E-state index in [9.17, 15) is 0 Å². The fourth-order valence-corrected chi connectivity index (χ4v) is 2.23. The van der Waals surface area contributed by atoms with Crippen LogP contribution >= 0.6 is 0 Å². The van der Waals surface area contributed by atoms with Gasteiger partial charge in [-0.05, 0) is 32.0 Å². The predicted octanol–water partition coefficient (Wildman–Crippen LogP) is 3.27. The summed E-state index contributed by atoms with van der Waals surface area (Å²) >= 11 is 0. The van der Waals surface area contributed by atoms with Crippen LogP contribution < -0.4 is 5.32 Å². The summed E-state index contributed by atoms with van der Waals surface area (Å²) in [5.41, 5.74) is 1.26. The molecule has 2 nitrogen and oxygen atoms in total. The molecule has 0 saturated heterocycles. The molecule has 0 aromatic heterocycles. The van der Waals surface area contributed by atoms with Crippen molar-refractivity contribution in [2.45, 2.75) is 26.3 Å². The zero-order valence-electron chi connectivity index (χ0n) is 12.8. The highest BCUT2D eigenvalue weighted by atomic mass is 15.1. The SMILES string of the molecule is CC(C)CC(CN(C)C)NCC=Cc1ccccc1. The fourth-order valence-electron chi connectivity index (χ4n) is 2.23. The summed E-state index contributed by atoms with van der Waals surface area (Å²) in [6, 6.07) is 11.0. The summed E-state index contributed by atoms with van der Waals surface area (Å²) in [6.07, 6.45) is 5.60. The zero-order chi connectivity index (χ0) is 14.1. The van der Waals surface area contributed by atoms with Gasteiger partial charge >= 0.3 is 0 Å². The van der Waals surface area contributed by atoms with Gasteiger partial charge in [-0.3, -0.25) is 0 Å². The number of likely N-dealkylation sites (N-methyl/N-ethyl adjacent to an activating group) is 1. The second kappa shape index (κ2) is 8.89. The lowest BCUT2D eigenvalue weighted by atomic mass is 10.0. The van der Waals surface area contributed by atoms with E-state index in [2.05, 4.69) is 74.6 Å². The molecule has 1 unspecified atom stereocenters. The topological polar surface area (TPSA) is 15.3 Å². The first-order chi connectivity index (χ1) is 9.08. The minimum Gasteiger partial charge on any atom is -0.309 e. The van der Waals surface area contributed by atoms with E-state index in [4.69, 9.17) is 0 Å². The summed E-state index contributed by atoms with van der Waals surface area (Å²) in [7, 11) is 4.27. The van der Waals surface area contributed by atoms with Gasteiger partial charge in [0.25, 0.3) is 0 Å².